The molecule has 2 aliphatic heterocycles. The SMILES string of the molecule is CC(C)C(O)C(=O)N[C@@H](C)C(=O)N1CCC[C@@H](C(=O)N[C@H](C)c2ccc3ccc(/C=C/C4(C(=O)O)COCCOC4)cc3n2)N1. The minimum Gasteiger partial charge on any atom is -0.480 e. The highest BCUT2D eigenvalue weighted by molar-refractivity contribution is 5.90. The van der Waals surface area contributed by atoms with Gasteiger partial charge in [-0.25, -0.2) is 5.43 Å². The van der Waals surface area contributed by atoms with Crippen LogP contribution in [0.25, 0.3) is 17.0 Å². The van der Waals surface area contributed by atoms with Crippen LogP contribution >= 0.6 is 0 Å². The van der Waals surface area contributed by atoms with Gasteiger partial charge >= 0.3 is 5.97 Å². The summed E-state index contributed by atoms with van der Waals surface area (Å²) >= 11 is 0. The van der Waals surface area contributed by atoms with Crippen molar-refractivity contribution in [2.45, 2.75) is 64.8 Å². The maximum absolute atomic E-state index is 13.2. The van der Waals surface area contributed by atoms with Gasteiger partial charge in [0, 0.05) is 11.9 Å². The molecule has 2 fully saturated rings. The van der Waals surface area contributed by atoms with Crippen LogP contribution in [0.2, 0.25) is 0 Å². The number of pyridine rings is 1. The largest absolute Gasteiger partial charge is 0.480 e. The third-order valence-corrected chi connectivity index (χ3v) is 8.05. The van der Waals surface area contributed by atoms with Crippen molar-refractivity contribution in [2.75, 3.05) is 33.0 Å². The Balaban J connectivity index is 1.39. The lowest BCUT2D eigenvalue weighted by Gasteiger charge is -2.35. The van der Waals surface area contributed by atoms with E-state index < -0.39 is 47.4 Å². The van der Waals surface area contributed by atoms with Crippen molar-refractivity contribution in [1.29, 1.82) is 0 Å². The molecule has 4 rings (SSSR count). The number of hydrogen-bond acceptors (Lipinski definition) is 9. The van der Waals surface area contributed by atoms with Crippen molar-refractivity contribution in [3.05, 3.63) is 47.7 Å². The molecular formula is C32H43N5O8. The van der Waals surface area contributed by atoms with Crippen LogP contribution in [0, 0.1) is 11.3 Å². The lowest BCUT2D eigenvalue weighted by Crippen LogP contribution is -2.61. The number of fused-ring (bicyclic) bond motifs is 1. The molecule has 4 atom stereocenters. The minimum absolute atomic E-state index is 0.0197. The molecule has 0 radical (unpaired) electrons. The van der Waals surface area contributed by atoms with Crippen molar-refractivity contribution in [3.8, 4) is 0 Å². The molecule has 1 aromatic heterocycles. The summed E-state index contributed by atoms with van der Waals surface area (Å²) in [6, 6.07) is 7.37. The normalized spacial score (nSPS) is 20.8. The molecule has 2 aromatic rings. The molecule has 0 saturated carbocycles. The van der Waals surface area contributed by atoms with Gasteiger partial charge in [0.25, 0.3) is 5.91 Å². The number of benzene rings is 1. The molecule has 13 nitrogen and oxygen atoms in total. The van der Waals surface area contributed by atoms with Gasteiger partial charge in [0.1, 0.15) is 23.6 Å². The topological polar surface area (TPSA) is 179 Å². The molecule has 45 heavy (non-hydrogen) atoms. The second kappa shape index (κ2) is 14.9. The van der Waals surface area contributed by atoms with Crippen LogP contribution in [-0.4, -0.2) is 95.1 Å². The molecule has 13 heteroatoms. The fraction of sp³-hybridized carbons (Fsp3) is 0.531. The van der Waals surface area contributed by atoms with Gasteiger partial charge in [-0.2, -0.15) is 0 Å². The number of hydrogen-bond donors (Lipinski definition) is 5. The Bertz CT molecular complexity index is 1420. The predicted octanol–water partition coefficient (Wildman–Crippen LogP) is 1.56. The summed E-state index contributed by atoms with van der Waals surface area (Å²) in [7, 11) is 0. The quantitative estimate of drug-likeness (QED) is 0.260. The first-order valence-corrected chi connectivity index (χ1v) is 15.3. The fourth-order valence-corrected chi connectivity index (χ4v) is 5.13. The molecule has 2 saturated heterocycles. The maximum atomic E-state index is 13.2. The van der Waals surface area contributed by atoms with Gasteiger partial charge in [0.05, 0.1) is 43.7 Å². The molecule has 1 unspecified atom stereocenters. The Hall–Kier alpha value is -3.91. The van der Waals surface area contributed by atoms with Crippen LogP contribution in [-0.2, 0) is 28.7 Å². The van der Waals surface area contributed by atoms with Gasteiger partial charge in [-0.3, -0.25) is 29.2 Å². The summed E-state index contributed by atoms with van der Waals surface area (Å²) < 4.78 is 10.9. The van der Waals surface area contributed by atoms with Crippen molar-refractivity contribution in [3.63, 3.8) is 0 Å². The molecule has 3 amide bonds. The number of nitrogens with zero attached hydrogens (tertiary/aromatic N) is 2. The van der Waals surface area contributed by atoms with Gasteiger partial charge in [0.15, 0.2) is 0 Å². The van der Waals surface area contributed by atoms with E-state index in [9.17, 15) is 29.4 Å². The first-order valence-electron chi connectivity index (χ1n) is 15.3. The summed E-state index contributed by atoms with van der Waals surface area (Å²) in [5.41, 5.74) is 3.77. The number of aliphatic hydroxyl groups is 1. The number of rotatable bonds is 10. The fourth-order valence-electron chi connectivity index (χ4n) is 5.13. The van der Waals surface area contributed by atoms with E-state index in [1.165, 1.54) is 11.9 Å². The van der Waals surface area contributed by atoms with Gasteiger partial charge in [-0.05, 0) is 50.3 Å². The average Bonchev–Trinajstić information content (AvgIpc) is 3.29. The Morgan fingerprint density at radius 3 is 2.42 bits per heavy atom. The molecule has 2 aliphatic rings. The van der Waals surface area contributed by atoms with Crippen molar-refractivity contribution in [1.82, 2.24) is 26.1 Å². The molecule has 0 bridgehead atoms. The molecule has 5 N–H and O–H groups in total. The smallest absolute Gasteiger partial charge is 0.318 e. The number of hydrazine groups is 1. The lowest BCUT2D eigenvalue weighted by atomic mass is 9.89. The first-order chi connectivity index (χ1) is 21.4. The van der Waals surface area contributed by atoms with Gasteiger partial charge in [-0.1, -0.05) is 44.2 Å². The Kier molecular flexibility index (Phi) is 11.3. The number of nitrogens with one attached hydrogen (secondary N) is 3. The van der Waals surface area contributed by atoms with E-state index in [2.05, 4.69) is 16.1 Å². The number of carboxylic acids is 1. The van der Waals surface area contributed by atoms with E-state index in [0.717, 1.165) is 10.9 Å². The average molecular weight is 626 g/mol. The van der Waals surface area contributed by atoms with Crippen molar-refractivity contribution >= 4 is 40.7 Å². The standard InChI is InChI=1S/C32H43N5O8/c1-19(2)27(38)29(40)34-21(4)30(41)37-13-5-6-25(36-37)28(39)33-20(3)24-10-9-23-8-7-22(16-26(23)35-24)11-12-32(31(42)43)17-44-14-15-45-18-32/h7-12,16,19-21,25,27,36,38H,5-6,13-15,17-18H2,1-4H3,(H,33,39)(H,34,40)(H,42,43)/b12-11+/t20-,21+,25+,27?/m1/s1. The molecule has 0 spiro atoms. The summed E-state index contributed by atoms with van der Waals surface area (Å²) in [6.45, 7) is 7.88. The zero-order valence-electron chi connectivity index (χ0n) is 26.1. The highest BCUT2D eigenvalue weighted by Gasteiger charge is 2.38. The summed E-state index contributed by atoms with van der Waals surface area (Å²) in [6.07, 6.45) is 3.22. The molecule has 1 aromatic carbocycles. The van der Waals surface area contributed by atoms with Gasteiger partial charge in [0.2, 0.25) is 11.8 Å². The van der Waals surface area contributed by atoms with E-state index >= 15 is 0 Å². The Morgan fingerprint density at radius 1 is 1.07 bits per heavy atom. The molecule has 244 valence electrons. The number of carboxylic acid groups (broad SMARTS) is 1. The van der Waals surface area contributed by atoms with E-state index in [0.29, 0.717) is 43.8 Å². The second-order valence-corrected chi connectivity index (χ2v) is 12.1. The van der Waals surface area contributed by atoms with Crippen molar-refractivity contribution in [2.24, 2.45) is 11.3 Å². The number of carbonyl (C=O) groups excluding carboxylic acids is 3. The summed E-state index contributed by atoms with van der Waals surface area (Å²) in [5, 5.41) is 27.6. The van der Waals surface area contributed by atoms with Crippen LogP contribution in [0.3, 0.4) is 0 Å². The zero-order chi connectivity index (χ0) is 32.7. The van der Waals surface area contributed by atoms with E-state index in [4.69, 9.17) is 14.5 Å². The number of aliphatic carboxylic acids is 1. The van der Waals surface area contributed by atoms with Crippen LogP contribution in [0.15, 0.2) is 36.4 Å². The third-order valence-electron chi connectivity index (χ3n) is 8.05. The molecular weight excluding hydrogens is 582 g/mol. The Labute approximate surface area is 262 Å². The lowest BCUT2D eigenvalue weighted by molar-refractivity contribution is -0.150. The van der Waals surface area contributed by atoms with E-state index in [1.54, 1.807) is 26.0 Å². The Morgan fingerprint density at radius 2 is 1.76 bits per heavy atom. The highest BCUT2D eigenvalue weighted by Crippen LogP contribution is 2.26. The van der Waals surface area contributed by atoms with Crippen LogP contribution in [0.4, 0.5) is 0 Å². The van der Waals surface area contributed by atoms with Gasteiger partial charge < -0.3 is 30.3 Å². The number of carbonyl (C=O) groups is 4. The number of aliphatic hydroxyl groups excluding tert-OH is 1. The van der Waals surface area contributed by atoms with Crippen molar-refractivity contribution < 1.29 is 38.9 Å². The van der Waals surface area contributed by atoms with E-state index in [1.807, 2.05) is 37.3 Å². The number of amides is 3. The molecule has 3 heterocycles. The minimum atomic E-state index is -1.28. The number of ether oxygens (including phenoxy) is 2. The summed E-state index contributed by atoms with van der Waals surface area (Å²) in [5.74, 6) is -2.63. The second-order valence-electron chi connectivity index (χ2n) is 12.1. The van der Waals surface area contributed by atoms with Crippen LogP contribution in [0.1, 0.15) is 57.8 Å². The maximum Gasteiger partial charge on any atom is 0.318 e. The first kappa shape index (κ1) is 34.0. The predicted molar refractivity (Wildman–Crippen MR) is 165 cm³/mol. The third kappa shape index (κ3) is 8.42. The molecule has 0 aliphatic carbocycles. The highest BCUT2D eigenvalue weighted by atomic mass is 16.5. The van der Waals surface area contributed by atoms with Gasteiger partial charge in [-0.15, -0.1) is 0 Å². The zero-order valence-corrected chi connectivity index (χ0v) is 26.1. The number of aromatic nitrogens is 1. The summed E-state index contributed by atoms with van der Waals surface area (Å²) in [4.78, 5) is 55.2. The monoisotopic (exact) mass is 625 g/mol. The van der Waals surface area contributed by atoms with E-state index in [-0.39, 0.29) is 25.0 Å². The van der Waals surface area contributed by atoms with Crippen LogP contribution in [0.5, 0.6) is 0 Å². The van der Waals surface area contributed by atoms with Crippen LogP contribution < -0.4 is 16.1 Å².